The third kappa shape index (κ3) is 3.49. The molecule has 19 heavy (non-hydrogen) atoms. The molecule has 0 spiro atoms. The maximum absolute atomic E-state index is 4.64. The van der Waals surface area contributed by atoms with Crippen LogP contribution in [0.5, 0.6) is 0 Å². The first-order chi connectivity index (χ1) is 7.93. The van der Waals surface area contributed by atoms with Crippen LogP contribution in [0.2, 0.25) is 0 Å². The van der Waals surface area contributed by atoms with Gasteiger partial charge in [-0.3, -0.25) is 0 Å². The van der Waals surface area contributed by atoms with Gasteiger partial charge in [0.05, 0.1) is 0 Å². The summed E-state index contributed by atoms with van der Waals surface area (Å²) < 4.78 is 8.08. The summed E-state index contributed by atoms with van der Waals surface area (Å²) in [5.74, 6) is 0.642. The monoisotopic (exact) mass is 374 g/mol. The van der Waals surface area contributed by atoms with Gasteiger partial charge in [0.1, 0.15) is 0 Å². The molecule has 3 heteroatoms. The van der Waals surface area contributed by atoms with Crippen molar-refractivity contribution in [1.29, 1.82) is 0 Å². The van der Waals surface area contributed by atoms with Crippen molar-refractivity contribution in [2.75, 3.05) is 0 Å². The van der Waals surface area contributed by atoms with E-state index >= 15 is 0 Å². The zero-order chi connectivity index (χ0) is 12.7. The van der Waals surface area contributed by atoms with E-state index < -0.39 is 21.3 Å². The average molecular weight is 376 g/mol. The molecule has 1 atom stereocenters. The topological polar surface area (TPSA) is 0 Å². The van der Waals surface area contributed by atoms with Gasteiger partial charge in [0.25, 0.3) is 0 Å². The molecule has 0 saturated heterocycles. The second-order valence-corrected chi connectivity index (χ2v) is 10.5. The van der Waals surface area contributed by atoms with Crippen LogP contribution in [0.15, 0.2) is 41.0 Å². The van der Waals surface area contributed by atoms with Gasteiger partial charge in [0, 0.05) is 0 Å². The van der Waals surface area contributed by atoms with Gasteiger partial charge in [-0.15, -0.1) is 0 Å². The number of halogens is 2. The first kappa shape index (κ1) is 19.3. The molecular formula is C16H22Cl2Zr. The molecule has 0 nitrogen and oxygen atoms in total. The van der Waals surface area contributed by atoms with Gasteiger partial charge < -0.3 is 24.8 Å². The molecular weight excluding hydrogens is 354 g/mol. The molecule has 0 bridgehead atoms. The van der Waals surface area contributed by atoms with Gasteiger partial charge in [-0.05, 0) is 0 Å². The molecule has 0 amide bonds. The van der Waals surface area contributed by atoms with Crippen molar-refractivity contribution < 1.29 is 46.1 Å². The fourth-order valence-electron chi connectivity index (χ4n) is 2.95. The van der Waals surface area contributed by atoms with Crippen LogP contribution < -0.4 is 24.8 Å². The third-order valence-corrected chi connectivity index (χ3v) is 11.2. The number of hydrogen-bond acceptors (Lipinski definition) is 0. The molecule has 0 radical (unpaired) electrons. The summed E-state index contributed by atoms with van der Waals surface area (Å²) in [7, 11) is 0. The predicted octanol–water partition coefficient (Wildman–Crippen LogP) is -1.46. The van der Waals surface area contributed by atoms with Crippen molar-refractivity contribution in [2.24, 2.45) is 5.92 Å². The first-order valence-corrected chi connectivity index (χ1v) is 10.6. The Kier molecular flexibility index (Phi) is 7.46. The largest absolute Gasteiger partial charge is 1.00 e. The second kappa shape index (κ2) is 7.34. The van der Waals surface area contributed by atoms with Crippen LogP contribution in [0.1, 0.15) is 41.0 Å². The van der Waals surface area contributed by atoms with Crippen LogP contribution in [-0.4, -0.2) is 4.21 Å². The Morgan fingerprint density at radius 1 is 1.05 bits per heavy atom. The van der Waals surface area contributed by atoms with E-state index in [2.05, 4.69) is 51.0 Å². The fourth-order valence-corrected chi connectivity index (χ4v) is 9.36. The van der Waals surface area contributed by atoms with Crippen LogP contribution in [0.25, 0.3) is 0 Å². The van der Waals surface area contributed by atoms with E-state index in [9.17, 15) is 0 Å². The van der Waals surface area contributed by atoms with E-state index in [4.69, 9.17) is 0 Å². The molecule has 2 aliphatic rings. The Labute approximate surface area is 137 Å². The van der Waals surface area contributed by atoms with E-state index in [0.717, 1.165) is 0 Å². The first-order valence-electron chi connectivity index (χ1n) is 6.39. The Morgan fingerprint density at radius 3 is 2.00 bits per heavy atom. The number of rotatable bonds is 2. The van der Waals surface area contributed by atoms with E-state index in [0.29, 0.717) is 5.92 Å². The van der Waals surface area contributed by atoms with E-state index in [-0.39, 0.29) is 24.8 Å². The van der Waals surface area contributed by atoms with Crippen LogP contribution >= 0.6 is 0 Å². The minimum atomic E-state index is -1.78. The van der Waals surface area contributed by atoms with Crippen LogP contribution in [0, 0.1) is 5.92 Å². The molecule has 0 aromatic carbocycles. The molecule has 0 saturated carbocycles. The molecule has 0 aromatic heterocycles. The van der Waals surface area contributed by atoms with Crippen molar-refractivity contribution in [3.05, 3.63) is 41.0 Å². The maximum Gasteiger partial charge on any atom is -1.00 e. The Morgan fingerprint density at radius 2 is 1.63 bits per heavy atom. The summed E-state index contributed by atoms with van der Waals surface area (Å²) in [5.41, 5.74) is 6.06. The normalized spacial score (nSPS) is 21.4. The summed E-state index contributed by atoms with van der Waals surface area (Å²) >= 11 is -1.78. The Hall–Kier alpha value is 0.293. The molecule has 2 aliphatic carbocycles. The van der Waals surface area contributed by atoms with E-state index in [1.54, 1.807) is 17.7 Å². The Balaban J connectivity index is 0.00000162. The summed E-state index contributed by atoms with van der Waals surface area (Å²) in [5, 5.41) is 0. The van der Waals surface area contributed by atoms with Gasteiger partial charge in [-0.1, -0.05) is 0 Å². The molecule has 0 heterocycles. The minimum absolute atomic E-state index is 0. The molecule has 0 fully saturated rings. The van der Waals surface area contributed by atoms with Crippen molar-refractivity contribution in [3.8, 4) is 0 Å². The number of allylic oxidation sites excluding steroid dienone is 8. The third-order valence-electron chi connectivity index (χ3n) is 4.30. The van der Waals surface area contributed by atoms with Crippen molar-refractivity contribution in [1.82, 2.24) is 0 Å². The minimum Gasteiger partial charge on any atom is -1.00 e. The Bertz CT molecular complexity index is 519. The zero-order valence-electron chi connectivity index (χ0n) is 12.4. The summed E-state index contributed by atoms with van der Waals surface area (Å²) in [6.07, 6.45) is 5.98. The average Bonchev–Trinajstić information content (AvgIpc) is 2.70. The van der Waals surface area contributed by atoms with Gasteiger partial charge in [0.15, 0.2) is 0 Å². The molecule has 0 aromatic rings. The summed E-state index contributed by atoms with van der Waals surface area (Å²) in [6.45, 7) is 11.4. The quantitative estimate of drug-likeness (QED) is 0.553. The SMILES string of the molecule is [CH2]=[Zr+2]([C]1=C(C)C(C)=CC1)[C]1=C(C)C(C)=CC1C.[Cl-].[Cl-]. The van der Waals surface area contributed by atoms with Gasteiger partial charge in [0.2, 0.25) is 0 Å². The maximum atomic E-state index is 4.64. The predicted molar refractivity (Wildman–Crippen MR) is 73.8 cm³/mol. The van der Waals surface area contributed by atoms with Crippen molar-refractivity contribution >= 4 is 4.21 Å². The van der Waals surface area contributed by atoms with Gasteiger partial charge in [-0.25, -0.2) is 0 Å². The van der Waals surface area contributed by atoms with Crippen LogP contribution in [0.3, 0.4) is 0 Å². The zero-order valence-corrected chi connectivity index (χ0v) is 16.4. The number of hydrogen-bond donors (Lipinski definition) is 0. The molecule has 0 aliphatic heterocycles. The summed E-state index contributed by atoms with van der Waals surface area (Å²) in [4.78, 5) is 0. The van der Waals surface area contributed by atoms with E-state index in [1.165, 1.54) is 17.6 Å². The molecule has 2 rings (SSSR count). The summed E-state index contributed by atoms with van der Waals surface area (Å²) in [6, 6.07) is 0. The molecule has 0 N–H and O–H groups in total. The van der Waals surface area contributed by atoms with Crippen molar-refractivity contribution in [2.45, 2.75) is 41.0 Å². The smallest absolute Gasteiger partial charge is 1.00 e. The van der Waals surface area contributed by atoms with Crippen LogP contribution in [0.4, 0.5) is 0 Å². The van der Waals surface area contributed by atoms with Crippen molar-refractivity contribution in [3.63, 3.8) is 0 Å². The van der Waals surface area contributed by atoms with E-state index in [1.807, 2.05) is 0 Å². The van der Waals surface area contributed by atoms with Gasteiger partial charge >= 0.3 is 113 Å². The second-order valence-electron chi connectivity index (χ2n) is 5.35. The molecule has 1 unspecified atom stereocenters. The standard InChI is InChI=1S/C8H11.C7H9.CH2.2ClH.Zr/c1-6-4-7(2)8(3)5-6;1-6-4-3-5-7(6)2;;;;/h4,6H,1-3H3;4H,3H2,1-2H3;1H2;2*1H;/q;;;;;+2/p-2. The van der Waals surface area contributed by atoms with Crippen LogP contribution in [-0.2, 0) is 21.3 Å². The fraction of sp³-hybridized carbons (Fsp3) is 0.438. The molecule has 104 valence electrons. The van der Waals surface area contributed by atoms with Gasteiger partial charge in [-0.2, -0.15) is 0 Å².